The van der Waals surface area contributed by atoms with E-state index in [9.17, 15) is 18.0 Å². The van der Waals surface area contributed by atoms with E-state index in [4.69, 9.17) is 23.2 Å². The van der Waals surface area contributed by atoms with Crippen LogP contribution in [0.3, 0.4) is 0 Å². The van der Waals surface area contributed by atoms with Gasteiger partial charge in [0.15, 0.2) is 0 Å². The van der Waals surface area contributed by atoms with Crippen molar-refractivity contribution in [1.29, 1.82) is 0 Å². The van der Waals surface area contributed by atoms with Crippen molar-refractivity contribution in [3.8, 4) is 0 Å². The Labute approximate surface area is 223 Å². The minimum atomic E-state index is -4.15. The number of carbonyl (C=O) groups excluding carboxylic acids is 1. The highest BCUT2D eigenvalue weighted by atomic mass is 35.5. The molecule has 3 N–H and O–H groups in total. The number of alkyl halides is 3. The number of hydrogen-bond acceptors (Lipinski definition) is 4. The van der Waals surface area contributed by atoms with E-state index in [1.54, 1.807) is 12.1 Å². The zero-order valence-electron chi connectivity index (χ0n) is 21.1. The summed E-state index contributed by atoms with van der Waals surface area (Å²) in [7, 11) is 0. The fraction of sp³-hybridized carbons (Fsp3) is 0.462. The molecule has 0 aliphatic carbocycles. The van der Waals surface area contributed by atoms with Gasteiger partial charge in [-0.1, -0.05) is 50.0 Å². The second kappa shape index (κ2) is 10.3. The molecule has 0 saturated carbocycles. The Balaban J connectivity index is 1.53. The number of amides is 1. The number of fused-ring (bicyclic) bond motifs is 1. The second-order valence-electron chi connectivity index (χ2n) is 10.5. The third-order valence-corrected chi connectivity index (χ3v) is 7.38. The number of nitrogens with one attached hydrogen (secondary N) is 3. The summed E-state index contributed by atoms with van der Waals surface area (Å²) in [6.45, 7) is 8.36. The molecule has 2 aromatic carbocycles. The number of anilines is 3. The maximum Gasteiger partial charge on any atom is 0.391 e. The number of H-pyrrole nitrogens is 1. The molecule has 1 amide bonds. The Morgan fingerprint density at radius 1 is 1.16 bits per heavy atom. The van der Waals surface area contributed by atoms with Gasteiger partial charge in [0.2, 0.25) is 11.9 Å². The monoisotopic (exact) mass is 555 g/mol. The number of benzene rings is 2. The van der Waals surface area contributed by atoms with E-state index < -0.39 is 17.5 Å². The average Bonchev–Trinajstić information content (AvgIpc) is 3.20. The maximum absolute atomic E-state index is 13.1. The van der Waals surface area contributed by atoms with E-state index in [1.165, 1.54) is 0 Å². The van der Waals surface area contributed by atoms with Crippen molar-refractivity contribution in [2.45, 2.75) is 53.3 Å². The molecule has 1 aliphatic rings. The smallest absolute Gasteiger partial charge is 0.371 e. The van der Waals surface area contributed by atoms with E-state index in [2.05, 4.69) is 20.6 Å². The average molecular weight is 556 g/mol. The number of carbonyl (C=O) groups is 1. The number of aryl methyl sites for hydroxylation is 1. The third-order valence-electron chi connectivity index (χ3n) is 6.63. The first kappa shape index (κ1) is 27.4. The Hall–Kier alpha value is -2.65. The lowest BCUT2D eigenvalue weighted by molar-refractivity contribution is -0.179. The molecule has 2 heterocycles. The Bertz CT molecular complexity index is 1310. The van der Waals surface area contributed by atoms with Crippen molar-refractivity contribution < 1.29 is 18.0 Å². The first-order valence-corrected chi connectivity index (χ1v) is 12.8. The highest BCUT2D eigenvalue weighted by Crippen LogP contribution is 2.38. The van der Waals surface area contributed by atoms with Gasteiger partial charge in [-0.05, 0) is 49.1 Å². The van der Waals surface area contributed by atoms with E-state index in [-0.39, 0.29) is 25.3 Å². The largest absolute Gasteiger partial charge is 0.391 e. The van der Waals surface area contributed by atoms with Gasteiger partial charge in [0, 0.05) is 30.7 Å². The van der Waals surface area contributed by atoms with Crippen molar-refractivity contribution >= 4 is 57.5 Å². The van der Waals surface area contributed by atoms with E-state index in [1.807, 2.05) is 44.7 Å². The molecule has 200 valence electrons. The van der Waals surface area contributed by atoms with Gasteiger partial charge in [-0.2, -0.15) is 13.2 Å². The standard InChI is InChI=1S/C26H30Cl2F3N5O/c1-14-11-18-19(12-20(14)36-9-7-16(8-10-36)26(29,30)31)34-24(33-18)35-22-17(27)6-5-15(21(22)28)13-32-23(37)25(2,3)4/h5-6,11-12,16H,7-10,13H2,1-4H3,(H,32,37)(H2,33,34,35). The third kappa shape index (κ3) is 6.09. The molecule has 0 radical (unpaired) electrons. The normalized spacial score (nSPS) is 15.3. The van der Waals surface area contributed by atoms with Crippen LogP contribution in [-0.4, -0.2) is 35.1 Å². The molecule has 0 atom stereocenters. The van der Waals surface area contributed by atoms with Gasteiger partial charge in [0.25, 0.3) is 0 Å². The number of halogens is 5. The van der Waals surface area contributed by atoms with Gasteiger partial charge in [-0.3, -0.25) is 4.79 Å². The lowest BCUT2D eigenvalue weighted by Crippen LogP contribution is -2.39. The summed E-state index contributed by atoms with van der Waals surface area (Å²) >= 11 is 13.0. The van der Waals surface area contributed by atoms with Crippen LogP contribution in [0, 0.1) is 18.3 Å². The van der Waals surface area contributed by atoms with Gasteiger partial charge < -0.3 is 20.5 Å². The lowest BCUT2D eigenvalue weighted by Gasteiger charge is -2.35. The van der Waals surface area contributed by atoms with Crippen molar-refractivity contribution in [1.82, 2.24) is 15.3 Å². The molecule has 0 bridgehead atoms. The second-order valence-corrected chi connectivity index (χ2v) is 11.3. The van der Waals surface area contributed by atoms with Crippen LogP contribution >= 0.6 is 23.2 Å². The molecule has 37 heavy (non-hydrogen) atoms. The first-order valence-electron chi connectivity index (χ1n) is 12.1. The van der Waals surface area contributed by atoms with Crippen LogP contribution in [0.5, 0.6) is 0 Å². The highest BCUT2D eigenvalue weighted by Gasteiger charge is 2.41. The molecule has 3 aromatic rings. The predicted molar refractivity (Wildman–Crippen MR) is 143 cm³/mol. The summed E-state index contributed by atoms with van der Waals surface area (Å²) in [6.07, 6.45) is -3.98. The number of aromatic nitrogens is 2. The zero-order chi connectivity index (χ0) is 27.1. The van der Waals surface area contributed by atoms with Crippen LogP contribution in [0.25, 0.3) is 11.0 Å². The van der Waals surface area contributed by atoms with Crippen molar-refractivity contribution in [3.05, 3.63) is 45.4 Å². The molecule has 1 aliphatic heterocycles. The van der Waals surface area contributed by atoms with Gasteiger partial charge in [-0.25, -0.2) is 4.98 Å². The molecule has 1 fully saturated rings. The topological polar surface area (TPSA) is 73.0 Å². The van der Waals surface area contributed by atoms with Gasteiger partial charge in [-0.15, -0.1) is 0 Å². The van der Waals surface area contributed by atoms with Crippen molar-refractivity contribution in [2.75, 3.05) is 23.3 Å². The summed E-state index contributed by atoms with van der Waals surface area (Å²) in [6, 6.07) is 7.28. The molecule has 1 saturated heterocycles. The molecular weight excluding hydrogens is 526 g/mol. The number of piperidine rings is 1. The summed E-state index contributed by atoms with van der Waals surface area (Å²) < 4.78 is 39.2. The molecule has 6 nitrogen and oxygen atoms in total. The first-order chi connectivity index (χ1) is 17.2. The molecular formula is C26H30Cl2F3N5O. The molecule has 11 heteroatoms. The fourth-order valence-corrected chi connectivity index (χ4v) is 4.94. The van der Waals surface area contributed by atoms with Crippen LogP contribution < -0.4 is 15.5 Å². The van der Waals surface area contributed by atoms with E-state index in [0.717, 1.165) is 16.8 Å². The summed E-state index contributed by atoms with van der Waals surface area (Å²) in [5, 5.41) is 6.79. The highest BCUT2D eigenvalue weighted by molar-refractivity contribution is 6.39. The SMILES string of the molecule is Cc1cc2[nH]c(Nc3c(Cl)ccc(CNC(=O)C(C)(C)C)c3Cl)nc2cc1N1CCC(C(F)(F)F)CC1. The Kier molecular flexibility index (Phi) is 7.59. The minimum Gasteiger partial charge on any atom is -0.371 e. The van der Waals surface area contributed by atoms with Crippen LogP contribution in [0.15, 0.2) is 24.3 Å². The molecule has 1 aromatic heterocycles. The fourth-order valence-electron chi connectivity index (χ4n) is 4.41. The number of imidazole rings is 1. The quantitative estimate of drug-likeness (QED) is 0.307. The van der Waals surface area contributed by atoms with Crippen LogP contribution in [0.4, 0.5) is 30.5 Å². The zero-order valence-corrected chi connectivity index (χ0v) is 22.6. The maximum atomic E-state index is 13.1. The minimum absolute atomic E-state index is 0.0812. The van der Waals surface area contributed by atoms with Gasteiger partial charge in [0.1, 0.15) is 0 Å². The lowest BCUT2D eigenvalue weighted by atomic mass is 9.95. The van der Waals surface area contributed by atoms with Crippen LogP contribution in [0.1, 0.15) is 44.7 Å². The number of hydrogen-bond donors (Lipinski definition) is 3. The summed E-state index contributed by atoms with van der Waals surface area (Å²) in [5.74, 6) is -0.929. The number of nitrogens with zero attached hydrogens (tertiary/aromatic N) is 2. The molecule has 0 spiro atoms. The van der Waals surface area contributed by atoms with Crippen LogP contribution in [0.2, 0.25) is 10.0 Å². The molecule has 4 rings (SSSR count). The van der Waals surface area contributed by atoms with E-state index >= 15 is 0 Å². The van der Waals surface area contributed by atoms with E-state index in [0.29, 0.717) is 45.9 Å². The number of aromatic amines is 1. The van der Waals surface area contributed by atoms with Crippen molar-refractivity contribution in [3.63, 3.8) is 0 Å². The summed E-state index contributed by atoms with van der Waals surface area (Å²) in [5.41, 5.74) is 3.88. The van der Waals surface area contributed by atoms with Crippen molar-refractivity contribution in [2.24, 2.45) is 11.3 Å². The van der Waals surface area contributed by atoms with Crippen LogP contribution in [-0.2, 0) is 11.3 Å². The van der Waals surface area contributed by atoms with Gasteiger partial charge in [0.05, 0.1) is 32.7 Å². The number of rotatable bonds is 5. The Morgan fingerprint density at radius 2 is 1.84 bits per heavy atom. The Morgan fingerprint density at radius 3 is 2.46 bits per heavy atom. The predicted octanol–water partition coefficient (Wildman–Crippen LogP) is 7.36. The van der Waals surface area contributed by atoms with Gasteiger partial charge >= 0.3 is 6.18 Å². The molecule has 0 unspecified atom stereocenters. The summed E-state index contributed by atoms with van der Waals surface area (Å²) in [4.78, 5) is 22.1.